The van der Waals surface area contributed by atoms with Crippen LogP contribution in [0.25, 0.3) is 0 Å². The Morgan fingerprint density at radius 3 is 2.54 bits per heavy atom. The second kappa shape index (κ2) is 4.40. The smallest absolute Gasteiger partial charge is 0.165 e. The molecule has 68 valence electrons. The number of hydrogen-bond acceptors (Lipinski definition) is 3. The van der Waals surface area contributed by atoms with Crippen LogP contribution in [-0.2, 0) is 4.79 Å². The number of hydrogen-bond donors (Lipinski definition) is 0. The highest BCUT2D eigenvalue weighted by atomic mass is 16.1. The summed E-state index contributed by atoms with van der Waals surface area (Å²) in [4.78, 5) is 10.3. The summed E-state index contributed by atoms with van der Waals surface area (Å²) in [5, 5.41) is 5.72. The van der Waals surface area contributed by atoms with Gasteiger partial charge in [-0.3, -0.25) is 9.80 Å². The molecule has 13 heavy (non-hydrogen) atoms. The minimum absolute atomic E-state index is 0.464. The zero-order valence-electron chi connectivity index (χ0n) is 7.77. The highest BCUT2D eigenvalue weighted by Crippen LogP contribution is 2.10. The first kappa shape index (κ1) is 9.45. The monoisotopic (exact) mass is 176 g/mol. The molecule has 3 nitrogen and oxygen atoms in total. The number of nitrogens with zero attached hydrogens (tertiary/aromatic N) is 2. The summed E-state index contributed by atoms with van der Waals surface area (Å²) in [6, 6.07) is 9.66. The summed E-state index contributed by atoms with van der Waals surface area (Å²) in [5.41, 5.74) is 1.43. The van der Waals surface area contributed by atoms with Crippen LogP contribution in [0.2, 0.25) is 0 Å². The molecular formula is C10H12N2O. The number of aldehydes is 1. The molecule has 0 bridgehead atoms. The van der Waals surface area contributed by atoms with Crippen molar-refractivity contribution in [3.8, 4) is 0 Å². The molecule has 1 rings (SSSR count). The Balaban J connectivity index is 2.80. The molecule has 0 atom stereocenters. The van der Waals surface area contributed by atoms with Gasteiger partial charge < -0.3 is 0 Å². The third-order valence-electron chi connectivity index (χ3n) is 1.61. The molecule has 0 radical (unpaired) electrons. The van der Waals surface area contributed by atoms with Crippen LogP contribution in [0.5, 0.6) is 0 Å². The average molecular weight is 176 g/mol. The second-order valence-corrected chi connectivity index (χ2v) is 2.72. The van der Waals surface area contributed by atoms with Gasteiger partial charge in [0.15, 0.2) is 6.29 Å². The van der Waals surface area contributed by atoms with Gasteiger partial charge >= 0.3 is 0 Å². The fourth-order valence-corrected chi connectivity index (χ4v) is 0.962. The van der Waals surface area contributed by atoms with Crippen molar-refractivity contribution in [3.63, 3.8) is 0 Å². The highest BCUT2D eigenvalue weighted by molar-refractivity contribution is 6.27. The van der Waals surface area contributed by atoms with E-state index in [0.717, 1.165) is 12.0 Å². The molecule has 0 aliphatic carbocycles. The predicted octanol–water partition coefficient (Wildman–Crippen LogP) is 1.70. The fourth-order valence-electron chi connectivity index (χ4n) is 0.962. The maximum Gasteiger partial charge on any atom is 0.165 e. The third kappa shape index (κ3) is 2.71. The van der Waals surface area contributed by atoms with Gasteiger partial charge in [0.2, 0.25) is 0 Å². The Morgan fingerprint density at radius 1 is 1.38 bits per heavy atom. The van der Waals surface area contributed by atoms with Crippen molar-refractivity contribution in [2.75, 3.05) is 12.1 Å². The van der Waals surface area contributed by atoms with Crippen molar-refractivity contribution in [3.05, 3.63) is 30.3 Å². The fraction of sp³-hybridized carbons (Fsp3) is 0.200. The van der Waals surface area contributed by atoms with Crippen LogP contribution in [-0.4, -0.2) is 19.0 Å². The van der Waals surface area contributed by atoms with Crippen LogP contribution >= 0.6 is 0 Å². The standard InChI is InChI=1S/C10H12N2O/c1-9(8-13)11-12(2)10-6-4-3-5-7-10/h3-8H,1-2H3/b11-9+. The molecule has 1 aromatic carbocycles. The van der Waals surface area contributed by atoms with Crippen molar-refractivity contribution >= 4 is 17.7 Å². The molecule has 0 N–H and O–H groups in total. The number of hydrazone groups is 1. The van der Waals surface area contributed by atoms with E-state index in [2.05, 4.69) is 5.10 Å². The first-order valence-corrected chi connectivity index (χ1v) is 4.03. The SMILES string of the molecule is C/C(C=O)=N\N(C)c1ccccc1. The van der Waals surface area contributed by atoms with Crippen molar-refractivity contribution in [1.82, 2.24) is 0 Å². The number of rotatable bonds is 3. The van der Waals surface area contributed by atoms with Gasteiger partial charge in [-0.2, -0.15) is 5.10 Å². The Kier molecular flexibility index (Phi) is 3.20. The number of para-hydroxylation sites is 1. The van der Waals surface area contributed by atoms with Crippen LogP contribution in [0.15, 0.2) is 35.4 Å². The van der Waals surface area contributed by atoms with Crippen molar-refractivity contribution in [2.45, 2.75) is 6.92 Å². The van der Waals surface area contributed by atoms with Crippen LogP contribution < -0.4 is 5.01 Å². The van der Waals surface area contributed by atoms with E-state index in [1.54, 1.807) is 11.9 Å². The van der Waals surface area contributed by atoms with E-state index in [1.807, 2.05) is 37.4 Å². The lowest BCUT2D eigenvalue weighted by atomic mass is 10.3. The zero-order chi connectivity index (χ0) is 9.68. The van der Waals surface area contributed by atoms with E-state index in [-0.39, 0.29) is 0 Å². The summed E-state index contributed by atoms with van der Waals surface area (Å²) >= 11 is 0. The first-order chi connectivity index (χ1) is 6.24. The Bertz CT molecular complexity index is 306. The Hall–Kier alpha value is -1.64. The van der Waals surface area contributed by atoms with Crippen LogP contribution in [0.3, 0.4) is 0 Å². The quantitative estimate of drug-likeness (QED) is 0.399. The number of anilines is 1. The first-order valence-electron chi connectivity index (χ1n) is 4.03. The van der Waals surface area contributed by atoms with Crippen LogP contribution in [0.4, 0.5) is 5.69 Å². The lowest BCUT2D eigenvalue weighted by molar-refractivity contribution is -0.102. The molecule has 3 heteroatoms. The highest BCUT2D eigenvalue weighted by Gasteiger charge is 1.96. The normalized spacial score (nSPS) is 11.1. The molecule has 0 aliphatic rings. The number of carbonyl (C=O) groups is 1. The van der Waals surface area contributed by atoms with Crippen molar-refractivity contribution in [1.29, 1.82) is 0 Å². The molecule has 0 spiro atoms. The van der Waals surface area contributed by atoms with Crippen molar-refractivity contribution < 1.29 is 4.79 Å². The summed E-state index contributed by atoms with van der Waals surface area (Å²) in [6.07, 6.45) is 0.736. The molecular weight excluding hydrogens is 164 g/mol. The summed E-state index contributed by atoms with van der Waals surface area (Å²) in [6.45, 7) is 1.67. The number of carbonyl (C=O) groups excluding carboxylic acids is 1. The van der Waals surface area contributed by atoms with Crippen molar-refractivity contribution in [2.24, 2.45) is 5.10 Å². The average Bonchev–Trinajstić information content (AvgIpc) is 2.19. The lowest BCUT2D eigenvalue weighted by Gasteiger charge is -2.12. The molecule has 0 fully saturated rings. The van der Waals surface area contributed by atoms with Gasteiger partial charge in [-0.1, -0.05) is 18.2 Å². The molecule has 0 unspecified atom stereocenters. The van der Waals surface area contributed by atoms with Gasteiger partial charge in [0.25, 0.3) is 0 Å². The largest absolute Gasteiger partial charge is 0.296 e. The molecule has 1 aromatic rings. The minimum Gasteiger partial charge on any atom is -0.296 e. The second-order valence-electron chi connectivity index (χ2n) is 2.72. The molecule has 0 heterocycles. The maximum atomic E-state index is 10.3. The zero-order valence-corrected chi connectivity index (χ0v) is 7.77. The third-order valence-corrected chi connectivity index (χ3v) is 1.61. The predicted molar refractivity (Wildman–Crippen MR) is 54.0 cm³/mol. The molecule has 0 saturated carbocycles. The van der Waals surface area contributed by atoms with Gasteiger partial charge in [-0.25, -0.2) is 0 Å². The van der Waals surface area contributed by atoms with E-state index in [0.29, 0.717) is 5.71 Å². The van der Waals surface area contributed by atoms with Crippen LogP contribution in [0, 0.1) is 0 Å². The number of benzene rings is 1. The Morgan fingerprint density at radius 2 is 2.00 bits per heavy atom. The van der Waals surface area contributed by atoms with Crippen LogP contribution in [0.1, 0.15) is 6.92 Å². The van der Waals surface area contributed by atoms with E-state index in [4.69, 9.17) is 0 Å². The van der Waals surface area contributed by atoms with E-state index in [1.165, 1.54) is 0 Å². The molecule has 0 amide bonds. The van der Waals surface area contributed by atoms with Gasteiger partial charge in [0.1, 0.15) is 0 Å². The van der Waals surface area contributed by atoms with Gasteiger partial charge in [0, 0.05) is 7.05 Å². The minimum atomic E-state index is 0.464. The van der Waals surface area contributed by atoms with E-state index in [9.17, 15) is 4.79 Å². The summed E-state index contributed by atoms with van der Waals surface area (Å²) < 4.78 is 0. The van der Waals surface area contributed by atoms with Gasteiger partial charge in [-0.15, -0.1) is 0 Å². The van der Waals surface area contributed by atoms with E-state index >= 15 is 0 Å². The van der Waals surface area contributed by atoms with Gasteiger partial charge in [0.05, 0.1) is 11.4 Å². The summed E-state index contributed by atoms with van der Waals surface area (Å²) in [7, 11) is 1.81. The topological polar surface area (TPSA) is 32.7 Å². The lowest BCUT2D eigenvalue weighted by Crippen LogP contribution is -2.11. The molecule has 0 aromatic heterocycles. The van der Waals surface area contributed by atoms with Gasteiger partial charge in [-0.05, 0) is 19.1 Å². The van der Waals surface area contributed by atoms with E-state index < -0.39 is 0 Å². The molecule has 0 saturated heterocycles. The summed E-state index contributed by atoms with van der Waals surface area (Å²) in [5.74, 6) is 0. The Labute approximate surface area is 77.7 Å². The maximum absolute atomic E-state index is 10.3. The molecule has 0 aliphatic heterocycles.